The first kappa shape index (κ1) is 26.1. The van der Waals surface area contributed by atoms with Gasteiger partial charge in [0, 0.05) is 17.8 Å². The number of hydrazine groups is 1. The summed E-state index contributed by atoms with van der Waals surface area (Å²) >= 11 is 0. The van der Waals surface area contributed by atoms with E-state index in [4.69, 9.17) is 26.3 Å². The molecule has 0 radical (unpaired) electrons. The summed E-state index contributed by atoms with van der Waals surface area (Å²) in [5.41, 5.74) is 9.98. The van der Waals surface area contributed by atoms with Gasteiger partial charge in [0.15, 0.2) is 11.5 Å². The number of rotatable bonds is 7. The highest BCUT2D eigenvalue weighted by Crippen LogP contribution is 2.31. The molecule has 148 valence electrons. The molecule has 5 N–H and O–H groups in total. The number of terminal acetylenes is 1. The van der Waals surface area contributed by atoms with Gasteiger partial charge in [-0.25, -0.2) is 0 Å². The summed E-state index contributed by atoms with van der Waals surface area (Å²) in [4.78, 5) is 0. The number of unbranched alkanes of at least 4 members (excludes halogenated alkanes) is 1. The Bertz CT molecular complexity index is 665. The average Bonchev–Trinajstić information content (AvgIpc) is 2.67. The average molecular weight is 373 g/mol. The molecule has 0 bridgehead atoms. The van der Waals surface area contributed by atoms with Crippen LogP contribution in [0.15, 0.2) is 36.1 Å². The zero-order valence-electron chi connectivity index (χ0n) is 17.0. The van der Waals surface area contributed by atoms with Crippen LogP contribution in [0.25, 0.3) is 0 Å². The van der Waals surface area contributed by atoms with Crippen molar-refractivity contribution in [3.05, 3.63) is 41.6 Å². The number of methoxy groups -OCH3 is 1. The van der Waals surface area contributed by atoms with Gasteiger partial charge < -0.3 is 20.6 Å². The molecule has 6 nitrogen and oxygen atoms in total. The number of allylic oxidation sites excluding steroid dienone is 3. The summed E-state index contributed by atoms with van der Waals surface area (Å²) in [6.45, 7) is 8.24. The van der Waals surface area contributed by atoms with E-state index in [0.717, 1.165) is 18.5 Å². The fourth-order valence-corrected chi connectivity index (χ4v) is 1.68. The summed E-state index contributed by atoms with van der Waals surface area (Å²) in [7, 11) is 1.54. The van der Waals surface area contributed by atoms with Crippen LogP contribution in [0.4, 0.5) is 5.69 Å². The molecule has 0 atom stereocenters. The number of nitrogen functional groups attached to an aromatic ring is 1. The highest BCUT2D eigenvalue weighted by molar-refractivity contribution is 5.62. The Hall–Kier alpha value is -3.09. The molecule has 0 aromatic heterocycles. The van der Waals surface area contributed by atoms with E-state index in [1.54, 1.807) is 26.2 Å². The number of anilines is 1. The Kier molecular flexibility index (Phi) is 17.2. The molecule has 0 spiro atoms. The van der Waals surface area contributed by atoms with Crippen LogP contribution < -0.4 is 26.5 Å². The van der Waals surface area contributed by atoms with E-state index >= 15 is 0 Å². The monoisotopic (exact) mass is 372 g/mol. The Morgan fingerprint density at radius 3 is 2.33 bits per heavy atom. The van der Waals surface area contributed by atoms with E-state index in [0.29, 0.717) is 29.4 Å². The number of nitriles is 1. The fraction of sp³-hybridized carbons (Fsp3) is 0.381. The smallest absolute Gasteiger partial charge is 0.163 e. The lowest BCUT2D eigenvalue weighted by Gasteiger charge is -2.11. The van der Waals surface area contributed by atoms with Crippen LogP contribution in [0, 0.1) is 23.7 Å². The van der Waals surface area contributed by atoms with E-state index in [2.05, 4.69) is 24.7 Å². The van der Waals surface area contributed by atoms with Gasteiger partial charge in [0.1, 0.15) is 6.07 Å². The van der Waals surface area contributed by atoms with Crippen molar-refractivity contribution in [1.29, 1.82) is 5.26 Å². The Morgan fingerprint density at radius 2 is 1.96 bits per heavy atom. The SMILES string of the molecule is C#CC.C/C=C\C(=C/C)NN.CCCCOc1cc(N)c(C#N)cc1OC. The van der Waals surface area contributed by atoms with E-state index in [-0.39, 0.29) is 0 Å². The number of hydrogen-bond donors (Lipinski definition) is 3. The summed E-state index contributed by atoms with van der Waals surface area (Å²) in [6.07, 6.45) is 12.4. The number of nitrogens with zero attached hydrogens (tertiary/aromatic N) is 1. The molecule has 0 amide bonds. The molecular formula is C21H32N4O2. The summed E-state index contributed by atoms with van der Waals surface area (Å²) in [5.74, 6) is 8.48. The van der Waals surface area contributed by atoms with Crippen LogP contribution in [0.5, 0.6) is 11.5 Å². The quantitative estimate of drug-likeness (QED) is 0.167. The second-order valence-corrected chi connectivity index (χ2v) is 5.08. The van der Waals surface area contributed by atoms with Crippen LogP contribution in [-0.4, -0.2) is 13.7 Å². The third-order valence-electron chi connectivity index (χ3n) is 3.04. The third-order valence-corrected chi connectivity index (χ3v) is 3.04. The molecular weight excluding hydrogens is 340 g/mol. The van der Waals surface area contributed by atoms with E-state index < -0.39 is 0 Å². The molecule has 0 saturated carbocycles. The highest BCUT2D eigenvalue weighted by atomic mass is 16.5. The summed E-state index contributed by atoms with van der Waals surface area (Å²) < 4.78 is 10.7. The van der Waals surface area contributed by atoms with E-state index in [1.165, 1.54) is 0 Å². The van der Waals surface area contributed by atoms with Crippen molar-refractivity contribution in [3.8, 4) is 29.9 Å². The minimum atomic E-state index is 0.402. The van der Waals surface area contributed by atoms with Crippen molar-refractivity contribution < 1.29 is 9.47 Å². The number of hydrogen-bond acceptors (Lipinski definition) is 6. The minimum absolute atomic E-state index is 0.402. The molecule has 0 fully saturated rings. The maximum Gasteiger partial charge on any atom is 0.163 e. The fourth-order valence-electron chi connectivity index (χ4n) is 1.68. The Morgan fingerprint density at radius 1 is 1.33 bits per heavy atom. The first-order valence-corrected chi connectivity index (χ1v) is 8.62. The highest BCUT2D eigenvalue weighted by Gasteiger charge is 2.09. The maximum absolute atomic E-state index is 8.82. The second kappa shape index (κ2) is 17.7. The van der Waals surface area contributed by atoms with Crippen molar-refractivity contribution in [1.82, 2.24) is 5.43 Å². The van der Waals surface area contributed by atoms with Crippen LogP contribution in [-0.2, 0) is 0 Å². The van der Waals surface area contributed by atoms with Crippen LogP contribution in [0.1, 0.15) is 46.1 Å². The predicted molar refractivity (Wildman–Crippen MR) is 113 cm³/mol. The van der Waals surface area contributed by atoms with E-state index in [1.807, 2.05) is 38.1 Å². The standard InChI is InChI=1S/C12H16N2O2.C6H12N2.C3H4/c1-3-4-5-16-12-7-10(14)9(8-13)6-11(12)15-2;1-3-5-6(4-2)8-7;1-3-2/h6-7H,3-5,14H2,1-2H3;3-5,8H,7H2,1-2H3;1H,2H3/b;5-3-,6-4+;. The van der Waals surface area contributed by atoms with Crippen LogP contribution in [0.3, 0.4) is 0 Å². The second-order valence-electron chi connectivity index (χ2n) is 5.08. The predicted octanol–water partition coefficient (Wildman–Crippen LogP) is 3.90. The van der Waals surface area contributed by atoms with Gasteiger partial charge in [-0.05, 0) is 33.3 Å². The molecule has 1 aromatic rings. The van der Waals surface area contributed by atoms with Gasteiger partial charge in [0.05, 0.1) is 25.0 Å². The van der Waals surface area contributed by atoms with Gasteiger partial charge in [-0.1, -0.05) is 25.5 Å². The minimum Gasteiger partial charge on any atom is -0.493 e. The summed E-state index contributed by atoms with van der Waals surface area (Å²) in [6, 6.07) is 5.23. The van der Waals surface area contributed by atoms with Crippen LogP contribution in [0.2, 0.25) is 0 Å². The zero-order chi connectivity index (χ0) is 21.1. The molecule has 0 aliphatic carbocycles. The third kappa shape index (κ3) is 12.0. The normalized spacial score (nSPS) is 9.70. The Labute approximate surface area is 163 Å². The number of nitrogens with one attached hydrogen (secondary N) is 1. The first-order chi connectivity index (χ1) is 13.0. The van der Waals surface area contributed by atoms with Gasteiger partial charge in [-0.3, -0.25) is 5.84 Å². The van der Waals surface area contributed by atoms with Crippen molar-refractivity contribution in [2.45, 2.75) is 40.5 Å². The maximum atomic E-state index is 8.82. The van der Waals surface area contributed by atoms with Crippen molar-refractivity contribution in [2.24, 2.45) is 5.84 Å². The largest absolute Gasteiger partial charge is 0.493 e. The molecule has 27 heavy (non-hydrogen) atoms. The molecule has 0 aliphatic heterocycles. The molecule has 0 unspecified atom stereocenters. The van der Waals surface area contributed by atoms with Crippen molar-refractivity contribution in [3.63, 3.8) is 0 Å². The zero-order valence-corrected chi connectivity index (χ0v) is 17.0. The number of benzene rings is 1. The lowest BCUT2D eigenvalue weighted by molar-refractivity contribution is 0.288. The number of ether oxygens (including phenoxy) is 2. The Balaban J connectivity index is 0. The van der Waals surface area contributed by atoms with Crippen LogP contribution >= 0.6 is 0 Å². The topological polar surface area (TPSA) is 106 Å². The number of nitrogens with two attached hydrogens (primary N) is 2. The molecule has 0 aliphatic rings. The lowest BCUT2D eigenvalue weighted by Crippen LogP contribution is -2.19. The van der Waals surface area contributed by atoms with Gasteiger partial charge in [0.25, 0.3) is 0 Å². The molecule has 6 heteroatoms. The van der Waals surface area contributed by atoms with Gasteiger partial charge in [0.2, 0.25) is 0 Å². The van der Waals surface area contributed by atoms with E-state index in [9.17, 15) is 0 Å². The molecule has 1 aromatic carbocycles. The van der Waals surface area contributed by atoms with Crippen molar-refractivity contribution in [2.75, 3.05) is 19.5 Å². The van der Waals surface area contributed by atoms with Gasteiger partial charge >= 0.3 is 0 Å². The lowest BCUT2D eigenvalue weighted by atomic mass is 10.2. The van der Waals surface area contributed by atoms with Gasteiger partial charge in [-0.2, -0.15) is 5.26 Å². The first-order valence-electron chi connectivity index (χ1n) is 8.62. The molecule has 0 heterocycles. The molecule has 1 rings (SSSR count). The summed E-state index contributed by atoms with van der Waals surface area (Å²) in [5, 5.41) is 8.82. The van der Waals surface area contributed by atoms with Gasteiger partial charge in [-0.15, -0.1) is 12.3 Å². The van der Waals surface area contributed by atoms with Crippen molar-refractivity contribution >= 4 is 5.69 Å². The molecule has 0 saturated heterocycles.